The zero-order valence-electron chi connectivity index (χ0n) is 10.2. The van der Waals surface area contributed by atoms with Gasteiger partial charge in [-0.15, -0.1) is 0 Å². The van der Waals surface area contributed by atoms with Crippen LogP contribution in [0.5, 0.6) is 0 Å². The fourth-order valence-corrected chi connectivity index (χ4v) is 2.25. The third kappa shape index (κ3) is 2.76. The number of nitrogens with two attached hydrogens (primary N) is 1. The van der Waals surface area contributed by atoms with Crippen molar-refractivity contribution in [1.29, 1.82) is 0 Å². The standard InChI is InChI=1S/C12H16N4OS/c1-16-7-8(2-3-11(16)17)15-10-6-14-5-4-9(10)12(13)18/h4-6,8,15H,2-3,7H2,1H3,(H2,13,18). The van der Waals surface area contributed by atoms with Crippen molar-refractivity contribution in [2.45, 2.75) is 18.9 Å². The van der Waals surface area contributed by atoms with E-state index in [2.05, 4.69) is 10.3 Å². The van der Waals surface area contributed by atoms with Crippen molar-refractivity contribution in [2.24, 2.45) is 5.73 Å². The lowest BCUT2D eigenvalue weighted by atomic mass is 10.0. The Hall–Kier alpha value is -1.69. The summed E-state index contributed by atoms with van der Waals surface area (Å²) in [4.78, 5) is 17.6. The van der Waals surface area contributed by atoms with Crippen LogP contribution in [0.3, 0.4) is 0 Å². The zero-order valence-corrected chi connectivity index (χ0v) is 11.0. The highest BCUT2D eigenvalue weighted by molar-refractivity contribution is 7.80. The van der Waals surface area contributed by atoms with Gasteiger partial charge in [-0.2, -0.15) is 0 Å². The van der Waals surface area contributed by atoms with E-state index < -0.39 is 0 Å². The molecule has 2 rings (SSSR count). The molecule has 1 unspecified atom stereocenters. The van der Waals surface area contributed by atoms with Gasteiger partial charge in [0.05, 0.1) is 11.9 Å². The molecule has 0 aliphatic carbocycles. The lowest BCUT2D eigenvalue weighted by Crippen LogP contribution is -2.43. The number of rotatable bonds is 3. The van der Waals surface area contributed by atoms with Gasteiger partial charge in [0.2, 0.25) is 5.91 Å². The minimum absolute atomic E-state index is 0.189. The van der Waals surface area contributed by atoms with Crippen LogP contribution in [0.1, 0.15) is 18.4 Å². The summed E-state index contributed by atoms with van der Waals surface area (Å²) in [6.45, 7) is 0.685. The van der Waals surface area contributed by atoms with Gasteiger partial charge < -0.3 is 16.0 Å². The van der Waals surface area contributed by atoms with Gasteiger partial charge in [0.15, 0.2) is 0 Å². The molecular weight excluding hydrogens is 248 g/mol. The van der Waals surface area contributed by atoms with Gasteiger partial charge in [-0.3, -0.25) is 9.78 Å². The summed E-state index contributed by atoms with van der Waals surface area (Å²) < 4.78 is 0. The van der Waals surface area contributed by atoms with Crippen molar-refractivity contribution in [3.8, 4) is 0 Å². The number of amides is 1. The lowest BCUT2D eigenvalue weighted by Gasteiger charge is -2.31. The molecule has 1 aromatic rings. The maximum atomic E-state index is 11.4. The number of carbonyl (C=O) groups excluding carboxylic acids is 1. The second kappa shape index (κ2) is 5.30. The van der Waals surface area contributed by atoms with Crippen molar-refractivity contribution in [2.75, 3.05) is 18.9 Å². The number of pyridine rings is 1. The van der Waals surface area contributed by atoms with E-state index in [9.17, 15) is 4.79 Å². The van der Waals surface area contributed by atoms with Gasteiger partial charge in [0.25, 0.3) is 0 Å². The number of carbonyl (C=O) groups is 1. The summed E-state index contributed by atoms with van der Waals surface area (Å²) in [6, 6.07) is 2.01. The first-order chi connectivity index (χ1) is 8.58. The molecule has 1 aromatic heterocycles. The number of likely N-dealkylation sites (tertiary alicyclic amines) is 1. The maximum absolute atomic E-state index is 11.4. The number of likely N-dealkylation sites (N-methyl/N-ethyl adjacent to an activating group) is 1. The fourth-order valence-electron chi connectivity index (χ4n) is 2.07. The van der Waals surface area contributed by atoms with E-state index in [0.717, 1.165) is 17.7 Å². The molecule has 1 aliphatic rings. The molecule has 0 aromatic carbocycles. The molecule has 0 spiro atoms. The van der Waals surface area contributed by atoms with Gasteiger partial charge in [-0.05, 0) is 12.5 Å². The van der Waals surface area contributed by atoms with Crippen molar-refractivity contribution < 1.29 is 4.79 Å². The van der Waals surface area contributed by atoms with Gasteiger partial charge in [0.1, 0.15) is 4.99 Å². The Labute approximate surface area is 111 Å². The van der Waals surface area contributed by atoms with Crippen LogP contribution >= 0.6 is 12.2 Å². The minimum Gasteiger partial charge on any atom is -0.389 e. The Morgan fingerprint density at radius 2 is 2.44 bits per heavy atom. The second-order valence-electron chi connectivity index (χ2n) is 4.44. The van der Waals surface area contributed by atoms with Crippen LogP contribution in [-0.4, -0.2) is 40.4 Å². The summed E-state index contributed by atoms with van der Waals surface area (Å²) >= 11 is 5.00. The van der Waals surface area contributed by atoms with E-state index in [1.165, 1.54) is 0 Å². The molecule has 5 nitrogen and oxygen atoms in total. The zero-order chi connectivity index (χ0) is 13.1. The third-order valence-corrected chi connectivity index (χ3v) is 3.29. The van der Waals surface area contributed by atoms with E-state index in [4.69, 9.17) is 18.0 Å². The van der Waals surface area contributed by atoms with Crippen LogP contribution in [0.15, 0.2) is 18.5 Å². The maximum Gasteiger partial charge on any atom is 0.222 e. The molecule has 0 saturated carbocycles. The van der Waals surface area contributed by atoms with Crippen LogP contribution in [-0.2, 0) is 4.79 Å². The molecule has 2 heterocycles. The fraction of sp³-hybridized carbons (Fsp3) is 0.417. The number of nitrogens with one attached hydrogen (secondary N) is 1. The Morgan fingerprint density at radius 3 is 3.11 bits per heavy atom. The summed E-state index contributed by atoms with van der Waals surface area (Å²) in [5, 5.41) is 3.36. The van der Waals surface area contributed by atoms with Gasteiger partial charge in [-0.1, -0.05) is 12.2 Å². The summed E-state index contributed by atoms with van der Waals surface area (Å²) in [5.74, 6) is 0.189. The highest BCUT2D eigenvalue weighted by Gasteiger charge is 2.23. The Bertz CT molecular complexity index is 477. The lowest BCUT2D eigenvalue weighted by molar-refractivity contribution is -0.132. The Kier molecular flexibility index (Phi) is 3.76. The molecule has 3 N–H and O–H groups in total. The van der Waals surface area contributed by atoms with Crippen LogP contribution in [0.4, 0.5) is 5.69 Å². The third-order valence-electron chi connectivity index (χ3n) is 3.07. The number of aromatic nitrogens is 1. The molecule has 1 saturated heterocycles. The van der Waals surface area contributed by atoms with E-state index >= 15 is 0 Å². The van der Waals surface area contributed by atoms with Crippen LogP contribution in [0, 0.1) is 0 Å². The Balaban J connectivity index is 2.10. The second-order valence-corrected chi connectivity index (χ2v) is 4.88. The van der Waals surface area contributed by atoms with Crippen molar-refractivity contribution in [1.82, 2.24) is 9.88 Å². The minimum atomic E-state index is 0.189. The molecule has 6 heteroatoms. The first kappa shape index (κ1) is 12.8. The monoisotopic (exact) mass is 264 g/mol. The molecule has 1 amide bonds. The average molecular weight is 264 g/mol. The summed E-state index contributed by atoms with van der Waals surface area (Å²) in [7, 11) is 1.81. The number of piperidine rings is 1. The smallest absolute Gasteiger partial charge is 0.222 e. The van der Waals surface area contributed by atoms with Crippen molar-refractivity contribution >= 4 is 28.8 Å². The van der Waals surface area contributed by atoms with E-state index in [1.54, 1.807) is 23.4 Å². The van der Waals surface area contributed by atoms with Gasteiger partial charge in [0, 0.05) is 37.8 Å². The first-order valence-electron chi connectivity index (χ1n) is 5.82. The number of thiocarbonyl (C=S) groups is 1. The molecule has 96 valence electrons. The normalized spacial score (nSPS) is 19.7. The SMILES string of the molecule is CN1CC(Nc2cnccc2C(N)=S)CCC1=O. The topological polar surface area (TPSA) is 71.2 Å². The molecule has 0 bridgehead atoms. The van der Waals surface area contributed by atoms with E-state index in [1.807, 2.05) is 7.05 Å². The van der Waals surface area contributed by atoms with Gasteiger partial charge >= 0.3 is 0 Å². The highest BCUT2D eigenvalue weighted by Crippen LogP contribution is 2.18. The van der Waals surface area contributed by atoms with Gasteiger partial charge in [-0.25, -0.2) is 0 Å². The first-order valence-corrected chi connectivity index (χ1v) is 6.23. The van der Waals surface area contributed by atoms with Crippen LogP contribution in [0.25, 0.3) is 0 Å². The predicted octanol–water partition coefficient (Wildman–Crippen LogP) is 0.748. The Morgan fingerprint density at radius 1 is 1.67 bits per heavy atom. The van der Waals surface area contributed by atoms with E-state index in [0.29, 0.717) is 18.0 Å². The average Bonchev–Trinajstić information content (AvgIpc) is 2.34. The predicted molar refractivity (Wildman–Crippen MR) is 74.4 cm³/mol. The van der Waals surface area contributed by atoms with Crippen molar-refractivity contribution in [3.05, 3.63) is 24.0 Å². The van der Waals surface area contributed by atoms with Crippen molar-refractivity contribution in [3.63, 3.8) is 0 Å². The summed E-state index contributed by atoms with van der Waals surface area (Å²) in [6.07, 6.45) is 4.76. The highest BCUT2D eigenvalue weighted by atomic mass is 32.1. The molecular formula is C12H16N4OS. The molecule has 1 aliphatic heterocycles. The number of nitrogens with zero attached hydrogens (tertiary/aromatic N) is 2. The van der Waals surface area contributed by atoms with E-state index in [-0.39, 0.29) is 11.9 Å². The molecule has 0 radical (unpaired) electrons. The largest absolute Gasteiger partial charge is 0.389 e. The number of hydrogen-bond acceptors (Lipinski definition) is 4. The molecule has 18 heavy (non-hydrogen) atoms. The quantitative estimate of drug-likeness (QED) is 0.788. The van der Waals surface area contributed by atoms with Crippen LogP contribution in [0.2, 0.25) is 0 Å². The molecule has 1 fully saturated rings. The summed E-state index contributed by atoms with van der Waals surface area (Å²) in [5.41, 5.74) is 7.29. The van der Waals surface area contributed by atoms with Crippen LogP contribution < -0.4 is 11.1 Å². The number of anilines is 1. The molecule has 1 atom stereocenters. The number of hydrogen-bond donors (Lipinski definition) is 2.